The summed E-state index contributed by atoms with van der Waals surface area (Å²) in [6, 6.07) is 11.8. The number of rotatable bonds is 10. The molecule has 4 rings (SSSR count). The lowest BCUT2D eigenvalue weighted by Crippen LogP contribution is -2.20. The molecule has 0 radical (unpaired) electrons. The van der Waals surface area contributed by atoms with Crippen LogP contribution in [0.15, 0.2) is 48.7 Å². The topological polar surface area (TPSA) is 84.3 Å². The minimum atomic E-state index is -4.58. The molecule has 190 valence electrons. The Labute approximate surface area is 211 Å². The second kappa shape index (κ2) is 11.3. The number of ether oxygens (including phenoxy) is 1. The third kappa shape index (κ3) is 6.53. The molecule has 0 spiro atoms. The van der Waals surface area contributed by atoms with Crippen molar-refractivity contribution in [2.45, 2.75) is 44.3 Å². The van der Waals surface area contributed by atoms with E-state index in [1.165, 1.54) is 24.3 Å². The molecule has 2 aromatic carbocycles. The number of aryl methyl sites for hydroxylation is 1. The summed E-state index contributed by atoms with van der Waals surface area (Å²) in [6.45, 7) is 1.23. The molecule has 1 heterocycles. The van der Waals surface area contributed by atoms with Gasteiger partial charge in [-0.15, -0.1) is 0 Å². The van der Waals surface area contributed by atoms with Crippen LogP contribution in [0.2, 0.25) is 5.02 Å². The van der Waals surface area contributed by atoms with Crippen LogP contribution in [0.1, 0.15) is 47.7 Å². The van der Waals surface area contributed by atoms with Gasteiger partial charge in [-0.3, -0.25) is 4.79 Å². The van der Waals surface area contributed by atoms with Crippen LogP contribution in [0.25, 0.3) is 11.3 Å². The lowest BCUT2D eigenvalue weighted by Gasteiger charge is -2.13. The molecule has 0 unspecified atom stereocenters. The van der Waals surface area contributed by atoms with Crippen LogP contribution in [0.3, 0.4) is 0 Å². The van der Waals surface area contributed by atoms with Gasteiger partial charge in [0, 0.05) is 16.8 Å². The van der Waals surface area contributed by atoms with E-state index < -0.39 is 17.7 Å². The Morgan fingerprint density at radius 3 is 2.69 bits per heavy atom. The smallest absolute Gasteiger partial charge is 0.419 e. The fourth-order valence-corrected chi connectivity index (χ4v) is 4.45. The summed E-state index contributed by atoms with van der Waals surface area (Å²) in [5, 5.41) is 12.6. The van der Waals surface area contributed by atoms with E-state index in [0.717, 1.165) is 35.9 Å². The molecular weight excluding hydrogens is 495 g/mol. The number of halogens is 4. The van der Waals surface area contributed by atoms with Gasteiger partial charge in [-0.05, 0) is 67.1 Å². The summed E-state index contributed by atoms with van der Waals surface area (Å²) in [5.41, 5.74) is 1.45. The van der Waals surface area contributed by atoms with Gasteiger partial charge in [0.1, 0.15) is 17.1 Å². The zero-order chi connectivity index (χ0) is 25.7. The number of benzene rings is 2. The average molecular weight is 520 g/mol. The van der Waals surface area contributed by atoms with E-state index in [2.05, 4.69) is 15.3 Å². The molecule has 0 saturated heterocycles. The number of fused-ring (bicyclic) bond motifs is 1. The zero-order valence-corrected chi connectivity index (χ0v) is 20.1. The van der Waals surface area contributed by atoms with Crippen molar-refractivity contribution < 1.29 is 27.8 Å². The molecule has 6 nitrogen and oxygen atoms in total. The lowest BCUT2D eigenvalue weighted by molar-refractivity contribution is -0.138. The Morgan fingerprint density at radius 2 is 1.97 bits per heavy atom. The Morgan fingerprint density at radius 1 is 1.19 bits per heavy atom. The first-order valence-electron chi connectivity index (χ1n) is 11.6. The van der Waals surface area contributed by atoms with Gasteiger partial charge >= 0.3 is 12.1 Å². The number of hydrogen-bond donors (Lipinski definition) is 2. The maximum atomic E-state index is 13.5. The van der Waals surface area contributed by atoms with Crippen LogP contribution < -0.4 is 10.1 Å². The van der Waals surface area contributed by atoms with Gasteiger partial charge in [-0.2, -0.15) is 13.2 Å². The molecule has 0 aliphatic heterocycles. The van der Waals surface area contributed by atoms with Crippen LogP contribution >= 0.6 is 11.6 Å². The monoisotopic (exact) mass is 519 g/mol. The third-order valence-corrected chi connectivity index (χ3v) is 6.30. The molecule has 36 heavy (non-hydrogen) atoms. The van der Waals surface area contributed by atoms with Crippen molar-refractivity contribution in [3.05, 3.63) is 76.2 Å². The standard InChI is InChI=1S/C26H25ClF3N3O3/c27-19-6-4-16(5-7-19)25-22(26(28,29)30)14-32-23(33-25)15-31-10-1-11-36-20-8-9-21-17(12-20)2-3-18(21)13-24(34)35/h4-9,12,14,18,31H,1-3,10-11,13,15H2,(H,34,35)/t18-/m0/s1. The first-order chi connectivity index (χ1) is 17.2. The minimum absolute atomic E-state index is 0.0587. The van der Waals surface area contributed by atoms with E-state index in [9.17, 15) is 18.0 Å². The summed E-state index contributed by atoms with van der Waals surface area (Å²) in [7, 11) is 0. The zero-order valence-electron chi connectivity index (χ0n) is 19.3. The molecule has 0 saturated carbocycles. The third-order valence-electron chi connectivity index (χ3n) is 6.05. The highest BCUT2D eigenvalue weighted by atomic mass is 35.5. The second-order valence-corrected chi connectivity index (χ2v) is 9.06. The van der Waals surface area contributed by atoms with Crippen molar-refractivity contribution in [2.24, 2.45) is 0 Å². The molecule has 1 aromatic heterocycles. The summed E-state index contributed by atoms with van der Waals surface area (Å²) in [6.07, 6.45) is -1.27. The van der Waals surface area contributed by atoms with Crippen molar-refractivity contribution in [3.63, 3.8) is 0 Å². The van der Waals surface area contributed by atoms with Crippen LogP contribution in [0.5, 0.6) is 5.75 Å². The normalized spacial score (nSPS) is 15.1. The van der Waals surface area contributed by atoms with E-state index in [-0.39, 0.29) is 30.4 Å². The molecule has 3 aromatic rings. The molecular formula is C26H25ClF3N3O3. The molecule has 1 aliphatic rings. The van der Waals surface area contributed by atoms with Gasteiger partial charge in [0.05, 0.1) is 25.3 Å². The molecule has 10 heteroatoms. The Bertz CT molecular complexity index is 1220. The van der Waals surface area contributed by atoms with Crippen molar-refractivity contribution in [3.8, 4) is 17.0 Å². The van der Waals surface area contributed by atoms with Gasteiger partial charge in [0.2, 0.25) is 0 Å². The maximum Gasteiger partial charge on any atom is 0.419 e. The van der Waals surface area contributed by atoms with Crippen molar-refractivity contribution in [2.75, 3.05) is 13.2 Å². The predicted octanol–water partition coefficient (Wildman–Crippen LogP) is 5.88. The van der Waals surface area contributed by atoms with Gasteiger partial charge in [0.25, 0.3) is 0 Å². The number of carbonyl (C=O) groups is 1. The van der Waals surface area contributed by atoms with E-state index in [1.54, 1.807) is 0 Å². The van der Waals surface area contributed by atoms with Gasteiger partial charge in [-0.1, -0.05) is 29.8 Å². The van der Waals surface area contributed by atoms with E-state index in [4.69, 9.17) is 21.4 Å². The number of hydrogen-bond acceptors (Lipinski definition) is 5. The number of carboxylic acids is 1. The molecule has 0 amide bonds. The number of nitrogens with zero attached hydrogens (tertiary/aromatic N) is 2. The van der Waals surface area contributed by atoms with Crippen molar-refractivity contribution in [1.82, 2.24) is 15.3 Å². The fourth-order valence-electron chi connectivity index (χ4n) is 4.32. The Kier molecular flexibility index (Phi) is 8.11. The maximum absolute atomic E-state index is 13.5. The summed E-state index contributed by atoms with van der Waals surface area (Å²) in [5.74, 6) is 0.263. The number of nitrogens with one attached hydrogen (secondary N) is 1. The summed E-state index contributed by atoms with van der Waals surface area (Å²) < 4.78 is 46.2. The van der Waals surface area contributed by atoms with E-state index in [0.29, 0.717) is 30.2 Å². The van der Waals surface area contributed by atoms with E-state index in [1.807, 2.05) is 18.2 Å². The molecule has 1 aliphatic carbocycles. The largest absolute Gasteiger partial charge is 0.494 e. The quantitative estimate of drug-likeness (QED) is 0.325. The molecule has 2 N–H and O–H groups in total. The summed E-state index contributed by atoms with van der Waals surface area (Å²) >= 11 is 5.86. The van der Waals surface area contributed by atoms with Crippen molar-refractivity contribution in [1.29, 1.82) is 0 Å². The van der Waals surface area contributed by atoms with Crippen LogP contribution in [0.4, 0.5) is 13.2 Å². The molecule has 0 bridgehead atoms. The van der Waals surface area contributed by atoms with Crippen molar-refractivity contribution >= 4 is 17.6 Å². The molecule has 1 atom stereocenters. The summed E-state index contributed by atoms with van der Waals surface area (Å²) in [4.78, 5) is 19.1. The Balaban J connectivity index is 1.28. The average Bonchev–Trinajstić information content (AvgIpc) is 3.22. The second-order valence-electron chi connectivity index (χ2n) is 8.63. The molecule has 0 fully saturated rings. The number of aromatic nitrogens is 2. The number of alkyl halides is 3. The van der Waals surface area contributed by atoms with Crippen LogP contribution in [0, 0.1) is 0 Å². The van der Waals surface area contributed by atoms with Crippen LogP contribution in [-0.4, -0.2) is 34.2 Å². The SMILES string of the molecule is O=C(O)C[C@@H]1CCc2cc(OCCCNCc3ncc(C(F)(F)F)c(-c4ccc(Cl)cc4)n3)ccc21. The highest BCUT2D eigenvalue weighted by Gasteiger charge is 2.35. The lowest BCUT2D eigenvalue weighted by atomic mass is 9.98. The van der Waals surface area contributed by atoms with Gasteiger partial charge in [0.15, 0.2) is 0 Å². The highest BCUT2D eigenvalue weighted by molar-refractivity contribution is 6.30. The highest BCUT2D eigenvalue weighted by Crippen LogP contribution is 2.37. The fraction of sp³-hybridized carbons (Fsp3) is 0.346. The number of aliphatic carboxylic acids is 1. The first-order valence-corrected chi connectivity index (χ1v) is 12.0. The minimum Gasteiger partial charge on any atom is -0.494 e. The van der Waals surface area contributed by atoms with Gasteiger partial charge in [-0.25, -0.2) is 9.97 Å². The van der Waals surface area contributed by atoms with E-state index >= 15 is 0 Å². The van der Waals surface area contributed by atoms with Crippen LogP contribution in [-0.2, 0) is 23.9 Å². The predicted molar refractivity (Wildman–Crippen MR) is 129 cm³/mol. The Hall–Kier alpha value is -3.17. The van der Waals surface area contributed by atoms with Gasteiger partial charge < -0.3 is 15.2 Å². The number of carboxylic acid groups (broad SMARTS) is 1. The first kappa shape index (κ1) is 25.9.